The van der Waals surface area contributed by atoms with Crippen molar-refractivity contribution in [2.24, 2.45) is 5.92 Å². The van der Waals surface area contributed by atoms with Crippen LogP contribution in [0.2, 0.25) is 0 Å². The molecular formula is C18H22N2O3S2. The van der Waals surface area contributed by atoms with Crippen LogP contribution < -0.4 is 10.6 Å². The third-order valence-electron chi connectivity index (χ3n) is 4.22. The van der Waals surface area contributed by atoms with E-state index in [2.05, 4.69) is 17.6 Å². The van der Waals surface area contributed by atoms with Gasteiger partial charge in [0, 0.05) is 4.88 Å². The molecule has 2 heterocycles. The van der Waals surface area contributed by atoms with E-state index in [9.17, 15) is 4.79 Å². The predicted molar refractivity (Wildman–Crippen MR) is 103 cm³/mol. The molecule has 1 atom stereocenters. The van der Waals surface area contributed by atoms with Gasteiger partial charge in [0.25, 0.3) is 0 Å². The summed E-state index contributed by atoms with van der Waals surface area (Å²) in [6, 6.07) is 3.71. The van der Waals surface area contributed by atoms with Gasteiger partial charge in [0.05, 0.1) is 25.0 Å². The number of rotatable bonds is 5. The van der Waals surface area contributed by atoms with Gasteiger partial charge in [0.1, 0.15) is 10.8 Å². The third kappa shape index (κ3) is 4.22. The Morgan fingerprint density at radius 2 is 2.36 bits per heavy atom. The number of esters is 1. The largest absolute Gasteiger partial charge is 0.467 e. The third-order valence-corrected chi connectivity index (χ3v) is 5.64. The Morgan fingerprint density at radius 3 is 3.08 bits per heavy atom. The van der Waals surface area contributed by atoms with Gasteiger partial charge in [-0.15, -0.1) is 11.3 Å². The molecule has 0 unspecified atom stereocenters. The second-order valence-corrected chi connectivity index (χ2v) is 7.68. The Balaban J connectivity index is 1.77. The molecule has 7 heteroatoms. The zero-order valence-corrected chi connectivity index (χ0v) is 16.0. The summed E-state index contributed by atoms with van der Waals surface area (Å²) in [5.41, 5.74) is 1.77. The molecule has 0 amide bonds. The lowest BCUT2D eigenvalue weighted by Gasteiger charge is -2.18. The lowest BCUT2D eigenvalue weighted by atomic mass is 9.88. The molecule has 3 rings (SSSR count). The monoisotopic (exact) mass is 378 g/mol. The molecule has 2 N–H and O–H groups in total. The minimum absolute atomic E-state index is 0.272. The van der Waals surface area contributed by atoms with Crippen molar-refractivity contribution in [3.8, 4) is 0 Å². The van der Waals surface area contributed by atoms with E-state index in [-0.39, 0.29) is 5.97 Å². The second-order valence-electron chi connectivity index (χ2n) is 6.16. The van der Waals surface area contributed by atoms with E-state index in [1.54, 1.807) is 17.6 Å². The van der Waals surface area contributed by atoms with Crippen LogP contribution in [0.15, 0.2) is 22.8 Å². The topological polar surface area (TPSA) is 63.5 Å². The minimum atomic E-state index is -0.272. The van der Waals surface area contributed by atoms with Crippen LogP contribution in [0.1, 0.15) is 46.8 Å². The van der Waals surface area contributed by atoms with Crippen LogP contribution in [0.4, 0.5) is 5.00 Å². The second kappa shape index (κ2) is 8.01. The van der Waals surface area contributed by atoms with Crippen molar-refractivity contribution in [2.75, 3.05) is 11.9 Å². The van der Waals surface area contributed by atoms with Crippen LogP contribution in [0.3, 0.4) is 0 Å². The van der Waals surface area contributed by atoms with Gasteiger partial charge >= 0.3 is 5.97 Å². The Hall–Kier alpha value is -1.86. The lowest BCUT2D eigenvalue weighted by Crippen LogP contribution is -2.28. The standard InChI is InChI=1S/C18H22N2O3S2/c1-3-22-17(21)15-13-7-6-11(2)9-14(13)25-16(15)20-18(24)19-10-12-5-4-8-23-12/h4-5,8,11H,3,6-7,9-10H2,1-2H3,(H2,19,20,24)/t11-/m0/s1. The highest BCUT2D eigenvalue weighted by atomic mass is 32.1. The summed E-state index contributed by atoms with van der Waals surface area (Å²) in [5.74, 6) is 1.16. The minimum Gasteiger partial charge on any atom is -0.467 e. The van der Waals surface area contributed by atoms with E-state index in [0.29, 0.717) is 29.7 Å². The highest BCUT2D eigenvalue weighted by Crippen LogP contribution is 2.40. The summed E-state index contributed by atoms with van der Waals surface area (Å²) in [5, 5.41) is 7.52. The molecule has 0 radical (unpaired) electrons. The van der Waals surface area contributed by atoms with Crippen molar-refractivity contribution >= 4 is 39.6 Å². The highest BCUT2D eigenvalue weighted by Gasteiger charge is 2.28. The Labute approximate surface area is 156 Å². The number of fused-ring (bicyclic) bond motifs is 1. The van der Waals surface area contributed by atoms with Gasteiger partial charge in [-0.2, -0.15) is 0 Å². The van der Waals surface area contributed by atoms with Gasteiger partial charge < -0.3 is 19.8 Å². The fourth-order valence-corrected chi connectivity index (χ4v) is 4.63. The van der Waals surface area contributed by atoms with E-state index >= 15 is 0 Å². The molecule has 0 spiro atoms. The van der Waals surface area contributed by atoms with Crippen molar-refractivity contribution in [2.45, 2.75) is 39.7 Å². The Morgan fingerprint density at radius 1 is 1.52 bits per heavy atom. The first-order valence-corrected chi connectivity index (χ1v) is 9.69. The fourth-order valence-electron chi connectivity index (χ4n) is 2.99. The molecule has 0 bridgehead atoms. The molecule has 0 saturated carbocycles. The van der Waals surface area contributed by atoms with Crippen LogP contribution in [0, 0.1) is 5.92 Å². The Kier molecular flexibility index (Phi) is 5.75. The highest BCUT2D eigenvalue weighted by molar-refractivity contribution is 7.80. The van der Waals surface area contributed by atoms with Crippen molar-refractivity contribution < 1.29 is 13.9 Å². The molecule has 0 saturated heterocycles. The summed E-state index contributed by atoms with van der Waals surface area (Å²) < 4.78 is 10.6. The number of hydrogen-bond acceptors (Lipinski definition) is 5. The maximum absolute atomic E-state index is 12.5. The molecule has 25 heavy (non-hydrogen) atoms. The van der Waals surface area contributed by atoms with Crippen LogP contribution in [0.5, 0.6) is 0 Å². The summed E-state index contributed by atoms with van der Waals surface area (Å²) >= 11 is 6.98. The first kappa shape index (κ1) is 17.9. The molecule has 2 aromatic rings. The maximum atomic E-state index is 12.5. The van der Waals surface area contributed by atoms with E-state index in [0.717, 1.165) is 35.6 Å². The van der Waals surface area contributed by atoms with Crippen LogP contribution >= 0.6 is 23.6 Å². The molecule has 134 valence electrons. The predicted octanol–water partition coefficient (Wildman–Crippen LogP) is 4.13. The lowest BCUT2D eigenvalue weighted by molar-refractivity contribution is 0.0526. The van der Waals surface area contributed by atoms with Gasteiger partial charge in [-0.25, -0.2) is 4.79 Å². The molecular weight excluding hydrogens is 356 g/mol. The number of nitrogens with one attached hydrogen (secondary N) is 2. The van der Waals surface area contributed by atoms with E-state index in [1.165, 1.54) is 4.88 Å². The normalized spacial score (nSPS) is 16.2. The van der Waals surface area contributed by atoms with Gasteiger partial charge in [0.15, 0.2) is 5.11 Å². The van der Waals surface area contributed by atoms with E-state index in [1.807, 2.05) is 19.1 Å². The first-order valence-electron chi connectivity index (χ1n) is 8.47. The summed E-state index contributed by atoms with van der Waals surface area (Å²) in [6.45, 7) is 4.92. The summed E-state index contributed by atoms with van der Waals surface area (Å²) in [4.78, 5) is 13.7. The molecule has 2 aromatic heterocycles. The van der Waals surface area contributed by atoms with Crippen LogP contribution in [-0.2, 0) is 24.1 Å². The van der Waals surface area contributed by atoms with Crippen molar-refractivity contribution in [1.29, 1.82) is 0 Å². The molecule has 5 nitrogen and oxygen atoms in total. The summed E-state index contributed by atoms with van der Waals surface area (Å²) in [6.07, 6.45) is 4.63. The van der Waals surface area contributed by atoms with Gasteiger partial charge in [-0.05, 0) is 62.0 Å². The number of thiophene rings is 1. The molecule has 0 aromatic carbocycles. The number of ether oxygens (including phenoxy) is 1. The van der Waals surface area contributed by atoms with E-state index < -0.39 is 0 Å². The Bertz CT molecular complexity index is 753. The first-order chi connectivity index (χ1) is 12.1. The number of hydrogen-bond donors (Lipinski definition) is 2. The number of thiocarbonyl (C=S) groups is 1. The zero-order valence-electron chi connectivity index (χ0n) is 14.4. The molecule has 1 aliphatic carbocycles. The SMILES string of the molecule is CCOC(=O)c1c(NC(=S)NCc2ccco2)sc2c1CC[C@H](C)C2. The van der Waals surface area contributed by atoms with Crippen molar-refractivity contribution in [1.82, 2.24) is 5.32 Å². The molecule has 0 aliphatic heterocycles. The number of carbonyl (C=O) groups excluding carboxylic acids is 1. The number of carbonyl (C=O) groups is 1. The number of anilines is 1. The van der Waals surface area contributed by atoms with Crippen LogP contribution in [0.25, 0.3) is 0 Å². The van der Waals surface area contributed by atoms with Gasteiger partial charge in [0.2, 0.25) is 0 Å². The quantitative estimate of drug-likeness (QED) is 0.602. The van der Waals surface area contributed by atoms with Gasteiger partial charge in [-0.1, -0.05) is 6.92 Å². The van der Waals surface area contributed by atoms with Crippen LogP contribution in [-0.4, -0.2) is 17.7 Å². The molecule has 0 fully saturated rings. The summed E-state index contributed by atoms with van der Waals surface area (Å²) in [7, 11) is 0. The van der Waals surface area contributed by atoms with Crippen molar-refractivity contribution in [3.05, 3.63) is 40.2 Å². The average molecular weight is 379 g/mol. The van der Waals surface area contributed by atoms with Crippen molar-refractivity contribution in [3.63, 3.8) is 0 Å². The number of furan rings is 1. The average Bonchev–Trinajstić information content (AvgIpc) is 3.19. The van der Waals surface area contributed by atoms with E-state index in [4.69, 9.17) is 21.4 Å². The van der Waals surface area contributed by atoms with Gasteiger partial charge in [-0.3, -0.25) is 0 Å². The molecule has 1 aliphatic rings. The fraction of sp³-hybridized carbons (Fsp3) is 0.444. The maximum Gasteiger partial charge on any atom is 0.341 e. The zero-order chi connectivity index (χ0) is 17.8. The smallest absolute Gasteiger partial charge is 0.341 e.